The first kappa shape index (κ1) is 8.53. The van der Waals surface area contributed by atoms with Gasteiger partial charge in [0, 0.05) is 13.2 Å². The molecule has 0 aromatic heterocycles. The van der Waals surface area contributed by atoms with Gasteiger partial charge in [0.2, 0.25) is 0 Å². The summed E-state index contributed by atoms with van der Waals surface area (Å²) in [5, 5.41) is 0. The third-order valence-corrected chi connectivity index (χ3v) is 1.78. The Kier molecular flexibility index (Phi) is 3.36. The maximum atomic E-state index is 5.69. The van der Waals surface area contributed by atoms with Crippen LogP contribution in [0.1, 0.15) is 26.2 Å². The van der Waals surface area contributed by atoms with Crippen LogP contribution in [0.5, 0.6) is 0 Å². The molecule has 0 amide bonds. The molecule has 1 saturated heterocycles. The third-order valence-electron chi connectivity index (χ3n) is 1.78. The summed E-state index contributed by atoms with van der Waals surface area (Å²) in [6, 6.07) is 0. The van der Waals surface area contributed by atoms with E-state index in [1.54, 1.807) is 0 Å². The number of hydrogen-bond donors (Lipinski definition) is 1. The number of hydrogen-bond acceptors (Lipinski definition) is 2. The molecule has 1 heterocycles. The fourth-order valence-electron chi connectivity index (χ4n) is 1.15. The molecule has 1 rings (SSSR count). The Balaban J connectivity index is 2.32. The first-order valence-corrected chi connectivity index (χ1v) is 4.26. The number of aliphatic imine (C=N–C) groups is 1. The summed E-state index contributed by atoms with van der Waals surface area (Å²) in [6.07, 6.45) is 3.32. The van der Waals surface area contributed by atoms with E-state index in [1.165, 1.54) is 0 Å². The summed E-state index contributed by atoms with van der Waals surface area (Å²) in [5.74, 6) is 0.685. The number of nitrogens with zero attached hydrogens (tertiary/aromatic N) is 1. The van der Waals surface area contributed by atoms with Gasteiger partial charge < -0.3 is 10.5 Å². The lowest BCUT2D eigenvalue weighted by molar-refractivity contribution is 0.157. The summed E-state index contributed by atoms with van der Waals surface area (Å²) >= 11 is 0. The van der Waals surface area contributed by atoms with Gasteiger partial charge in [0.1, 0.15) is 11.9 Å². The molecule has 1 fully saturated rings. The maximum absolute atomic E-state index is 5.69. The van der Waals surface area contributed by atoms with Gasteiger partial charge in [-0.25, -0.2) is 0 Å². The number of nitrogens with two attached hydrogens (primary N) is 1. The summed E-state index contributed by atoms with van der Waals surface area (Å²) < 4.78 is 5.36. The Morgan fingerprint density at radius 2 is 2.55 bits per heavy atom. The molecule has 0 bridgehead atoms. The van der Waals surface area contributed by atoms with E-state index in [9.17, 15) is 0 Å². The van der Waals surface area contributed by atoms with Crippen LogP contribution in [0.3, 0.4) is 0 Å². The van der Waals surface area contributed by atoms with Crippen molar-refractivity contribution >= 4 is 5.84 Å². The summed E-state index contributed by atoms with van der Waals surface area (Å²) in [4.78, 5) is 4.19. The highest BCUT2D eigenvalue weighted by Crippen LogP contribution is 2.11. The van der Waals surface area contributed by atoms with Gasteiger partial charge in [-0.15, -0.1) is 0 Å². The molecule has 1 aliphatic rings. The zero-order valence-electron chi connectivity index (χ0n) is 7.05. The van der Waals surface area contributed by atoms with E-state index < -0.39 is 0 Å². The molecule has 64 valence electrons. The molecular weight excluding hydrogens is 140 g/mol. The SMILES string of the molecule is CCCN=C(N)C1CCCO1. The topological polar surface area (TPSA) is 47.6 Å². The molecule has 2 N–H and O–H groups in total. The Hall–Kier alpha value is -0.570. The van der Waals surface area contributed by atoms with E-state index in [0.717, 1.165) is 32.4 Å². The van der Waals surface area contributed by atoms with E-state index in [2.05, 4.69) is 11.9 Å². The van der Waals surface area contributed by atoms with E-state index in [0.29, 0.717) is 5.84 Å². The highest BCUT2D eigenvalue weighted by Gasteiger charge is 2.18. The molecule has 11 heavy (non-hydrogen) atoms. The second-order valence-electron chi connectivity index (χ2n) is 2.81. The average Bonchev–Trinajstić information content (AvgIpc) is 2.52. The van der Waals surface area contributed by atoms with Crippen LogP contribution in [0.2, 0.25) is 0 Å². The number of rotatable bonds is 3. The molecule has 0 aromatic carbocycles. The maximum Gasteiger partial charge on any atom is 0.123 e. The van der Waals surface area contributed by atoms with Gasteiger partial charge in [0.05, 0.1) is 0 Å². The fourth-order valence-corrected chi connectivity index (χ4v) is 1.15. The van der Waals surface area contributed by atoms with Gasteiger partial charge in [-0.3, -0.25) is 4.99 Å². The van der Waals surface area contributed by atoms with Crippen molar-refractivity contribution in [3.05, 3.63) is 0 Å². The largest absolute Gasteiger partial charge is 0.385 e. The smallest absolute Gasteiger partial charge is 0.123 e. The highest BCUT2D eigenvalue weighted by molar-refractivity contribution is 5.85. The lowest BCUT2D eigenvalue weighted by atomic mass is 10.2. The monoisotopic (exact) mass is 156 g/mol. The first-order valence-electron chi connectivity index (χ1n) is 4.26. The second-order valence-corrected chi connectivity index (χ2v) is 2.81. The predicted molar refractivity (Wildman–Crippen MR) is 45.8 cm³/mol. The Bertz CT molecular complexity index is 139. The van der Waals surface area contributed by atoms with Crippen LogP contribution >= 0.6 is 0 Å². The average molecular weight is 156 g/mol. The fraction of sp³-hybridized carbons (Fsp3) is 0.875. The minimum absolute atomic E-state index is 0.113. The van der Waals surface area contributed by atoms with Crippen LogP contribution in [-0.2, 0) is 4.74 Å². The molecule has 1 aliphatic heterocycles. The molecule has 0 saturated carbocycles. The molecule has 0 aromatic rings. The zero-order valence-corrected chi connectivity index (χ0v) is 7.05. The first-order chi connectivity index (χ1) is 5.34. The van der Waals surface area contributed by atoms with Gasteiger partial charge in [-0.1, -0.05) is 6.92 Å². The van der Waals surface area contributed by atoms with Gasteiger partial charge in [0.15, 0.2) is 0 Å². The normalized spacial score (nSPS) is 25.9. The van der Waals surface area contributed by atoms with Crippen LogP contribution in [-0.4, -0.2) is 25.1 Å². The van der Waals surface area contributed by atoms with Crippen molar-refractivity contribution in [1.29, 1.82) is 0 Å². The van der Waals surface area contributed by atoms with Crippen LogP contribution in [0, 0.1) is 0 Å². The molecule has 0 spiro atoms. The molecule has 3 heteroatoms. The standard InChI is InChI=1S/C8H16N2O/c1-2-5-10-8(9)7-4-3-6-11-7/h7H,2-6H2,1H3,(H2,9,10). The number of ether oxygens (including phenoxy) is 1. The minimum Gasteiger partial charge on any atom is -0.385 e. The van der Waals surface area contributed by atoms with Crippen molar-refractivity contribution in [3.8, 4) is 0 Å². The molecule has 0 radical (unpaired) electrons. The van der Waals surface area contributed by atoms with Crippen LogP contribution in [0.25, 0.3) is 0 Å². The van der Waals surface area contributed by atoms with Gasteiger partial charge >= 0.3 is 0 Å². The van der Waals surface area contributed by atoms with E-state index in [1.807, 2.05) is 0 Å². The van der Waals surface area contributed by atoms with Crippen molar-refractivity contribution in [3.63, 3.8) is 0 Å². The summed E-state index contributed by atoms with van der Waals surface area (Å²) in [7, 11) is 0. The Morgan fingerprint density at radius 1 is 1.73 bits per heavy atom. The third kappa shape index (κ3) is 2.50. The molecule has 3 nitrogen and oxygen atoms in total. The predicted octanol–water partition coefficient (Wildman–Crippen LogP) is 0.933. The van der Waals surface area contributed by atoms with Crippen LogP contribution < -0.4 is 5.73 Å². The van der Waals surface area contributed by atoms with Gasteiger partial charge in [-0.05, 0) is 19.3 Å². The van der Waals surface area contributed by atoms with E-state index in [4.69, 9.17) is 10.5 Å². The summed E-state index contributed by atoms with van der Waals surface area (Å²) in [5.41, 5.74) is 5.69. The van der Waals surface area contributed by atoms with Crippen LogP contribution in [0.4, 0.5) is 0 Å². The Morgan fingerprint density at radius 3 is 3.09 bits per heavy atom. The highest BCUT2D eigenvalue weighted by atomic mass is 16.5. The summed E-state index contributed by atoms with van der Waals surface area (Å²) in [6.45, 7) is 3.75. The minimum atomic E-state index is 0.113. The number of amidine groups is 1. The molecule has 0 aliphatic carbocycles. The van der Waals surface area contributed by atoms with Crippen molar-refractivity contribution in [2.75, 3.05) is 13.2 Å². The van der Waals surface area contributed by atoms with E-state index in [-0.39, 0.29) is 6.10 Å². The van der Waals surface area contributed by atoms with Crippen molar-refractivity contribution < 1.29 is 4.74 Å². The van der Waals surface area contributed by atoms with Crippen molar-refractivity contribution in [1.82, 2.24) is 0 Å². The molecular formula is C8H16N2O. The second kappa shape index (κ2) is 4.34. The van der Waals surface area contributed by atoms with Crippen molar-refractivity contribution in [2.24, 2.45) is 10.7 Å². The van der Waals surface area contributed by atoms with Crippen LogP contribution in [0.15, 0.2) is 4.99 Å². The van der Waals surface area contributed by atoms with Crippen molar-refractivity contribution in [2.45, 2.75) is 32.3 Å². The zero-order chi connectivity index (χ0) is 8.10. The van der Waals surface area contributed by atoms with E-state index >= 15 is 0 Å². The quantitative estimate of drug-likeness (QED) is 0.488. The lowest BCUT2D eigenvalue weighted by Crippen LogP contribution is -2.28. The molecule has 1 atom stereocenters. The van der Waals surface area contributed by atoms with Gasteiger partial charge in [-0.2, -0.15) is 0 Å². The molecule has 1 unspecified atom stereocenters. The van der Waals surface area contributed by atoms with Gasteiger partial charge in [0.25, 0.3) is 0 Å². The Labute approximate surface area is 67.6 Å². The lowest BCUT2D eigenvalue weighted by Gasteiger charge is -2.07.